The Kier molecular flexibility index (Phi) is 21.4. The summed E-state index contributed by atoms with van der Waals surface area (Å²) in [6.07, 6.45) is 2.07. The fourth-order valence-electron chi connectivity index (χ4n) is 6.29. The maximum atomic E-state index is 13.8. The van der Waals surface area contributed by atoms with E-state index in [1.165, 1.54) is 30.4 Å². The van der Waals surface area contributed by atoms with Crippen LogP contribution in [0.3, 0.4) is 0 Å². The Balaban J connectivity index is 2.25. The van der Waals surface area contributed by atoms with Crippen molar-refractivity contribution in [1.29, 1.82) is 0 Å². The summed E-state index contributed by atoms with van der Waals surface area (Å²) >= 11 is 2.85. The summed E-state index contributed by atoms with van der Waals surface area (Å²) in [7, 11) is 0. The fourth-order valence-corrected chi connectivity index (χ4v) is 7.24. The van der Waals surface area contributed by atoms with Crippen LogP contribution in [0.15, 0.2) is 4.99 Å². The Labute approximate surface area is 319 Å². The number of nitrogens with two attached hydrogens (primary N) is 2. The molecule has 0 aromatic heterocycles. The van der Waals surface area contributed by atoms with Crippen LogP contribution in [-0.4, -0.2) is 148 Å². The van der Waals surface area contributed by atoms with Crippen LogP contribution in [0.1, 0.15) is 71.1 Å². The Morgan fingerprint density at radius 3 is 1.79 bits per heavy atom. The van der Waals surface area contributed by atoms with Crippen molar-refractivity contribution in [3.63, 3.8) is 0 Å². The number of nitrogens with zero attached hydrogens (tertiary/aromatic N) is 1. The van der Waals surface area contributed by atoms with Gasteiger partial charge in [-0.05, 0) is 62.0 Å². The van der Waals surface area contributed by atoms with Crippen molar-refractivity contribution in [3.05, 3.63) is 0 Å². The van der Waals surface area contributed by atoms with E-state index in [9.17, 15) is 44.4 Å². The molecule has 20 heteroatoms. The number of carbonyl (C=O) groups is 5. The Morgan fingerprint density at radius 2 is 1.28 bits per heavy atom. The number of amides is 5. The van der Waals surface area contributed by atoms with E-state index in [4.69, 9.17) is 16.2 Å². The topological polar surface area (TPSA) is 300 Å². The van der Waals surface area contributed by atoms with Gasteiger partial charge in [-0.2, -0.15) is 23.5 Å². The van der Waals surface area contributed by atoms with Crippen LogP contribution in [0.2, 0.25) is 0 Å². The molecule has 0 bridgehead atoms. The van der Waals surface area contributed by atoms with Crippen molar-refractivity contribution in [2.45, 2.75) is 126 Å². The number of aliphatic imine (C=N–C) groups is 1. The van der Waals surface area contributed by atoms with E-state index in [1.807, 2.05) is 12.5 Å². The number of aliphatic hydroxyl groups is 4. The lowest BCUT2D eigenvalue weighted by atomic mass is 9.84. The van der Waals surface area contributed by atoms with Gasteiger partial charge in [0.25, 0.3) is 0 Å². The molecule has 0 unspecified atom stereocenters. The molecule has 18 nitrogen and oxygen atoms in total. The highest BCUT2D eigenvalue weighted by molar-refractivity contribution is 7.98. The summed E-state index contributed by atoms with van der Waals surface area (Å²) in [6.45, 7) is 0.813. The third-order valence-electron chi connectivity index (χ3n) is 9.23. The minimum atomic E-state index is -1.73. The standard InChI is InChI=1S/C33H60N8O10S2/c1-18(43)37-23(16-19-8-5-4-6-9-19)31(50)38-20(10-7-13-36-33(34)35)28(47)39-21(11-14-52-2)29(48)40-22(12-15-53-3)30(49)41-32-27(46)26(45)25(44)24(17-42)51-32/h19-27,32,42,44-46H,4-17H2,1-3H3,(H,37,43)(H,38,50)(H,39,47)(H,40,48)(H,41,49)(H4,34,35,36)/t20-,21-,22-,23-,24-,25-,26+,27-,32+/m0/s1. The molecule has 2 aliphatic rings. The number of carbonyl (C=O) groups excluding carboxylic acids is 5. The molecule has 53 heavy (non-hydrogen) atoms. The molecule has 0 spiro atoms. The number of aliphatic hydroxyl groups excluding tert-OH is 4. The number of ether oxygens (including phenoxy) is 1. The number of guanidine groups is 1. The number of hydrogen-bond acceptors (Lipinski definition) is 13. The lowest BCUT2D eigenvalue weighted by Gasteiger charge is -2.40. The van der Waals surface area contributed by atoms with E-state index < -0.39 is 85.0 Å². The van der Waals surface area contributed by atoms with Crippen molar-refractivity contribution in [3.8, 4) is 0 Å². The second-order valence-corrected chi connectivity index (χ2v) is 15.4. The normalized spacial score (nSPS) is 24.1. The molecule has 2 fully saturated rings. The highest BCUT2D eigenvalue weighted by Gasteiger charge is 2.44. The van der Waals surface area contributed by atoms with Crippen molar-refractivity contribution >= 4 is 59.0 Å². The molecule has 0 aromatic carbocycles. The van der Waals surface area contributed by atoms with Gasteiger partial charge in [-0.25, -0.2) is 0 Å². The first-order valence-corrected chi connectivity index (χ1v) is 20.8. The lowest BCUT2D eigenvalue weighted by molar-refractivity contribution is -0.236. The van der Waals surface area contributed by atoms with Crippen molar-refractivity contribution in [2.24, 2.45) is 22.4 Å². The molecule has 0 aromatic rings. The molecule has 5 amide bonds. The molecule has 0 radical (unpaired) electrons. The van der Waals surface area contributed by atoms with Crippen LogP contribution >= 0.6 is 23.5 Å². The van der Waals surface area contributed by atoms with Gasteiger partial charge in [0.1, 0.15) is 48.6 Å². The summed E-state index contributed by atoms with van der Waals surface area (Å²) in [6, 6.07) is -4.27. The third-order valence-corrected chi connectivity index (χ3v) is 10.5. The third kappa shape index (κ3) is 16.2. The number of thioether (sulfide) groups is 2. The minimum absolute atomic E-state index is 0.110. The van der Waals surface area contributed by atoms with Gasteiger partial charge in [0, 0.05) is 13.5 Å². The average Bonchev–Trinajstić information content (AvgIpc) is 3.12. The molecule has 2 rings (SSSR count). The van der Waals surface area contributed by atoms with Gasteiger partial charge >= 0.3 is 0 Å². The van der Waals surface area contributed by atoms with Crippen LogP contribution in [0.4, 0.5) is 0 Å². The summed E-state index contributed by atoms with van der Waals surface area (Å²) < 4.78 is 5.41. The summed E-state index contributed by atoms with van der Waals surface area (Å²) in [5.41, 5.74) is 10.9. The Hall–Kier alpha value is -2.88. The van der Waals surface area contributed by atoms with Gasteiger partial charge in [0.05, 0.1) is 6.61 Å². The molecule has 304 valence electrons. The molecular formula is C33H60N8O10S2. The largest absolute Gasteiger partial charge is 0.394 e. The molecule has 9 atom stereocenters. The maximum Gasteiger partial charge on any atom is 0.244 e. The predicted octanol–water partition coefficient (Wildman–Crippen LogP) is -2.61. The SMILES string of the molecule is CSCC[C@H](NC(=O)[C@H](CCCN=C(N)N)NC(=O)[C@H](CC1CCCCC1)NC(C)=O)C(=O)N[C@@H](CCSC)C(=O)N[C@@H]1O[C@@H](CO)[C@H](O)[C@@H](O)[C@@H]1O. The van der Waals surface area contributed by atoms with Crippen LogP contribution in [0, 0.1) is 5.92 Å². The molecule has 13 N–H and O–H groups in total. The van der Waals surface area contributed by atoms with Gasteiger partial charge in [-0.3, -0.25) is 29.0 Å². The number of rotatable bonds is 22. The highest BCUT2D eigenvalue weighted by Crippen LogP contribution is 2.27. The lowest BCUT2D eigenvalue weighted by Crippen LogP contribution is -2.65. The van der Waals surface area contributed by atoms with Gasteiger partial charge < -0.3 is 63.2 Å². The van der Waals surface area contributed by atoms with Crippen LogP contribution in [-0.2, 0) is 28.7 Å². The van der Waals surface area contributed by atoms with Crippen molar-refractivity contribution in [1.82, 2.24) is 26.6 Å². The smallest absolute Gasteiger partial charge is 0.244 e. The van der Waals surface area contributed by atoms with E-state index >= 15 is 0 Å². The highest BCUT2D eigenvalue weighted by atomic mass is 32.2. The van der Waals surface area contributed by atoms with Crippen molar-refractivity contribution in [2.75, 3.05) is 37.2 Å². The predicted molar refractivity (Wildman–Crippen MR) is 202 cm³/mol. The first-order valence-electron chi connectivity index (χ1n) is 18.0. The van der Waals surface area contributed by atoms with Gasteiger partial charge in [-0.1, -0.05) is 32.1 Å². The Bertz CT molecular complexity index is 1210. The van der Waals surface area contributed by atoms with Gasteiger partial charge in [0.2, 0.25) is 29.5 Å². The van der Waals surface area contributed by atoms with E-state index in [0.29, 0.717) is 24.3 Å². The number of nitrogens with one attached hydrogen (secondary N) is 5. The quantitative estimate of drug-likeness (QED) is 0.0304. The summed E-state index contributed by atoms with van der Waals surface area (Å²) in [5.74, 6) is -2.00. The molecule has 1 aliphatic heterocycles. The van der Waals surface area contributed by atoms with Crippen LogP contribution < -0.4 is 38.1 Å². The first-order chi connectivity index (χ1) is 25.2. The van der Waals surface area contributed by atoms with E-state index in [0.717, 1.165) is 32.1 Å². The first kappa shape index (κ1) is 46.3. The molecule has 1 saturated carbocycles. The maximum absolute atomic E-state index is 13.8. The second-order valence-electron chi connectivity index (χ2n) is 13.4. The zero-order valence-electron chi connectivity index (χ0n) is 30.8. The van der Waals surface area contributed by atoms with E-state index in [2.05, 4.69) is 31.6 Å². The monoisotopic (exact) mass is 792 g/mol. The van der Waals surface area contributed by atoms with Crippen LogP contribution in [0.5, 0.6) is 0 Å². The van der Waals surface area contributed by atoms with E-state index in [1.54, 1.807) is 0 Å². The molecular weight excluding hydrogens is 733 g/mol. The average molecular weight is 793 g/mol. The zero-order valence-corrected chi connectivity index (χ0v) is 32.5. The molecule has 1 aliphatic carbocycles. The summed E-state index contributed by atoms with van der Waals surface area (Å²) in [4.78, 5) is 70.7. The second kappa shape index (κ2) is 24.5. The zero-order chi connectivity index (χ0) is 39.5. The number of hydrogen-bond donors (Lipinski definition) is 11. The molecule has 1 heterocycles. The fraction of sp³-hybridized carbons (Fsp3) is 0.818. The Morgan fingerprint density at radius 1 is 0.755 bits per heavy atom. The van der Waals surface area contributed by atoms with Crippen LogP contribution in [0.25, 0.3) is 0 Å². The molecule has 1 saturated heterocycles. The minimum Gasteiger partial charge on any atom is -0.394 e. The van der Waals surface area contributed by atoms with Gasteiger partial charge in [0.15, 0.2) is 12.2 Å². The van der Waals surface area contributed by atoms with Crippen molar-refractivity contribution < 1.29 is 49.1 Å². The van der Waals surface area contributed by atoms with E-state index in [-0.39, 0.29) is 43.6 Å². The van der Waals surface area contributed by atoms with Gasteiger partial charge in [-0.15, -0.1) is 0 Å². The summed E-state index contributed by atoms with van der Waals surface area (Å²) in [5, 5.41) is 53.6.